The quantitative estimate of drug-likeness (QED) is 0.575. The molecule has 0 amide bonds. The Morgan fingerprint density at radius 2 is 1.67 bits per heavy atom. The van der Waals surface area contributed by atoms with Crippen molar-refractivity contribution in [2.24, 2.45) is 0 Å². The van der Waals surface area contributed by atoms with Crippen LogP contribution in [-0.2, 0) is 6.54 Å². The van der Waals surface area contributed by atoms with E-state index in [-0.39, 0.29) is 6.54 Å². The minimum atomic E-state index is 0.276. The molecular weight excluding hydrogens is 304 g/mol. The first-order valence-corrected chi connectivity index (χ1v) is 7.51. The van der Waals surface area contributed by atoms with E-state index < -0.39 is 0 Å². The average molecular weight is 318 g/mol. The number of benzene rings is 2. The summed E-state index contributed by atoms with van der Waals surface area (Å²) in [5.41, 5.74) is 3.00. The van der Waals surface area contributed by atoms with Gasteiger partial charge in [0.15, 0.2) is 0 Å². The van der Waals surface area contributed by atoms with Gasteiger partial charge in [0, 0.05) is 11.1 Å². The molecule has 0 spiro atoms. The predicted octanol–water partition coefficient (Wildman–Crippen LogP) is 2.75. The smallest absolute Gasteiger partial charge is 0.250 e. The average Bonchev–Trinajstić information content (AvgIpc) is 3.27. The van der Waals surface area contributed by atoms with Gasteiger partial charge in [0.1, 0.15) is 6.54 Å². The van der Waals surface area contributed by atoms with E-state index in [1.54, 1.807) is 0 Å². The second-order valence-corrected chi connectivity index (χ2v) is 5.39. The van der Waals surface area contributed by atoms with Crippen molar-refractivity contribution in [1.29, 1.82) is 0 Å². The van der Waals surface area contributed by atoms with Crippen molar-refractivity contribution in [3.63, 3.8) is 0 Å². The van der Waals surface area contributed by atoms with E-state index in [0.29, 0.717) is 17.5 Å². The van der Waals surface area contributed by atoms with Gasteiger partial charge in [-0.05, 0) is 12.1 Å². The van der Waals surface area contributed by atoms with E-state index in [0.717, 1.165) is 11.1 Å². The predicted molar refractivity (Wildman–Crippen MR) is 86.8 cm³/mol. The first-order chi connectivity index (χ1) is 11.8. The van der Waals surface area contributed by atoms with Crippen molar-refractivity contribution < 1.29 is 4.52 Å². The SMILES string of the molecule is Cc1ccc(-c2noc(Cn3nnc(-c4ccccc4)n3)n2)cc1. The van der Waals surface area contributed by atoms with Gasteiger partial charge < -0.3 is 4.52 Å². The van der Waals surface area contributed by atoms with E-state index in [1.807, 2.05) is 61.5 Å². The Morgan fingerprint density at radius 1 is 0.917 bits per heavy atom. The maximum Gasteiger partial charge on any atom is 0.250 e. The normalized spacial score (nSPS) is 10.9. The van der Waals surface area contributed by atoms with Crippen molar-refractivity contribution in [1.82, 2.24) is 30.3 Å². The molecule has 118 valence electrons. The molecule has 4 rings (SSSR count). The van der Waals surface area contributed by atoms with Crippen LogP contribution in [0.3, 0.4) is 0 Å². The summed E-state index contributed by atoms with van der Waals surface area (Å²) in [4.78, 5) is 5.82. The molecule has 0 aliphatic rings. The number of hydrogen-bond acceptors (Lipinski definition) is 6. The van der Waals surface area contributed by atoms with E-state index in [9.17, 15) is 0 Å². The second kappa shape index (κ2) is 6.04. The molecule has 0 saturated heterocycles. The Hall–Kier alpha value is -3.35. The summed E-state index contributed by atoms with van der Waals surface area (Å²) >= 11 is 0. The minimum absolute atomic E-state index is 0.276. The van der Waals surface area contributed by atoms with Crippen LogP contribution in [0.1, 0.15) is 11.5 Å². The van der Waals surface area contributed by atoms with Crippen LogP contribution in [0.15, 0.2) is 59.1 Å². The molecule has 0 atom stereocenters. The lowest BCUT2D eigenvalue weighted by Gasteiger charge is -1.94. The molecule has 7 nitrogen and oxygen atoms in total. The van der Waals surface area contributed by atoms with Gasteiger partial charge >= 0.3 is 0 Å². The molecule has 2 aromatic heterocycles. The van der Waals surface area contributed by atoms with Gasteiger partial charge in [0.2, 0.25) is 11.6 Å². The molecule has 24 heavy (non-hydrogen) atoms. The van der Waals surface area contributed by atoms with Crippen molar-refractivity contribution in [2.45, 2.75) is 13.5 Å². The van der Waals surface area contributed by atoms with Gasteiger partial charge in [-0.1, -0.05) is 65.3 Å². The summed E-state index contributed by atoms with van der Waals surface area (Å²) in [6.07, 6.45) is 0. The zero-order valence-corrected chi connectivity index (χ0v) is 13.0. The van der Waals surface area contributed by atoms with Crippen LogP contribution >= 0.6 is 0 Å². The van der Waals surface area contributed by atoms with Gasteiger partial charge in [-0.15, -0.1) is 10.2 Å². The van der Waals surface area contributed by atoms with Gasteiger partial charge in [0.05, 0.1) is 0 Å². The summed E-state index contributed by atoms with van der Waals surface area (Å²) in [5, 5.41) is 16.4. The minimum Gasteiger partial charge on any atom is -0.337 e. The summed E-state index contributed by atoms with van der Waals surface area (Å²) in [7, 11) is 0. The Balaban J connectivity index is 1.52. The molecule has 4 aromatic rings. The van der Waals surface area contributed by atoms with Gasteiger partial charge in [-0.2, -0.15) is 9.78 Å². The van der Waals surface area contributed by atoms with Crippen LogP contribution in [-0.4, -0.2) is 30.3 Å². The number of aryl methyl sites for hydroxylation is 1. The van der Waals surface area contributed by atoms with Gasteiger partial charge in [0.25, 0.3) is 5.89 Å². The highest BCUT2D eigenvalue weighted by Crippen LogP contribution is 2.17. The number of hydrogen-bond donors (Lipinski definition) is 0. The molecule has 0 unspecified atom stereocenters. The highest BCUT2D eigenvalue weighted by molar-refractivity contribution is 5.54. The summed E-state index contributed by atoms with van der Waals surface area (Å²) in [5.74, 6) is 1.55. The number of aromatic nitrogens is 6. The third-order valence-electron chi connectivity index (χ3n) is 3.54. The first kappa shape index (κ1) is 14.3. The van der Waals surface area contributed by atoms with E-state index in [1.165, 1.54) is 10.4 Å². The van der Waals surface area contributed by atoms with Crippen LogP contribution < -0.4 is 0 Å². The molecule has 2 heterocycles. The zero-order chi connectivity index (χ0) is 16.4. The Bertz CT molecular complexity index is 943. The van der Waals surface area contributed by atoms with E-state index in [4.69, 9.17) is 4.52 Å². The standard InChI is InChI=1S/C17H14N6O/c1-12-7-9-14(10-8-12)16-18-15(24-21-16)11-23-20-17(19-22-23)13-5-3-2-4-6-13/h2-10H,11H2,1H3. The van der Waals surface area contributed by atoms with Crippen LogP contribution in [0.2, 0.25) is 0 Å². The van der Waals surface area contributed by atoms with Crippen LogP contribution in [0.5, 0.6) is 0 Å². The fourth-order valence-corrected chi connectivity index (χ4v) is 2.27. The Morgan fingerprint density at radius 3 is 2.46 bits per heavy atom. The molecule has 0 aliphatic heterocycles. The fourth-order valence-electron chi connectivity index (χ4n) is 2.27. The fraction of sp³-hybridized carbons (Fsp3) is 0.118. The highest BCUT2D eigenvalue weighted by Gasteiger charge is 2.11. The highest BCUT2D eigenvalue weighted by atomic mass is 16.5. The molecule has 0 aliphatic carbocycles. The van der Waals surface area contributed by atoms with Crippen molar-refractivity contribution in [3.05, 3.63) is 66.1 Å². The molecule has 0 fully saturated rings. The molecule has 0 radical (unpaired) electrons. The number of tetrazole rings is 1. The lowest BCUT2D eigenvalue weighted by Crippen LogP contribution is -2.04. The largest absolute Gasteiger partial charge is 0.337 e. The van der Waals surface area contributed by atoms with Crippen LogP contribution in [0.4, 0.5) is 0 Å². The maximum atomic E-state index is 5.28. The van der Waals surface area contributed by atoms with Crippen LogP contribution in [0.25, 0.3) is 22.8 Å². The molecule has 2 aromatic carbocycles. The Kier molecular flexibility index (Phi) is 3.59. The maximum absolute atomic E-state index is 5.28. The third-order valence-corrected chi connectivity index (χ3v) is 3.54. The van der Waals surface area contributed by atoms with E-state index >= 15 is 0 Å². The molecule has 0 N–H and O–H groups in total. The number of nitrogens with zero attached hydrogens (tertiary/aromatic N) is 6. The summed E-state index contributed by atoms with van der Waals surface area (Å²) < 4.78 is 5.28. The summed E-state index contributed by atoms with van der Waals surface area (Å²) in [6.45, 7) is 2.31. The molecule has 7 heteroatoms. The number of rotatable bonds is 4. The molecule has 0 saturated carbocycles. The van der Waals surface area contributed by atoms with E-state index in [2.05, 4.69) is 25.6 Å². The lowest BCUT2D eigenvalue weighted by atomic mass is 10.1. The molecule has 0 bridgehead atoms. The topological polar surface area (TPSA) is 82.5 Å². The zero-order valence-electron chi connectivity index (χ0n) is 13.0. The van der Waals surface area contributed by atoms with Gasteiger partial charge in [-0.3, -0.25) is 0 Å². The monoisotopic (exact) mass is 318 g/mol. The second-order valence-electron chi connectivity index (χ2n) is 5.39. The molecular formula is C17H14N6O. The van der Waals surface area contributed by atoms with Gasteiger partial charge in [-0.25, -0.2) is 0 Å². The summed E-state index contributed by atoms with van der Waals surface area (Å²) in [6, 6.07) is 17.6. The van der Waals surface area contributed by atoms with Crippen molar-refractivity contribution >= 4 is 0 Å². The third kappa shape index (κ3) is 2.91. The van der Waals surface area contributed by atoms with Crippen molar-refractivity contribution in [3.8, 4) is 22.8 Å². The van der Waals surface area contributed by atoms with Crippen molar-refractivity contribution in [2.75, 3.05) is 0 Å². The Labute approximate surface area is 138 Å². The first-order valence-electron chi connectivity index (χ1n) is 7.51. The van der Waals surface area contributed by atoms with Crippen LogP contribution in [0, 0.1) is 6.92 Å². The lowest BCUT2D eigenvalue weighted by molar-refractivity contribution is 0.356.